The van der Waals surface area contributed by atoms with Crippen molar-refractivity contribution in [3.8, 4) is 69.0 Å². The molecule has 2 N–H and O–H groups in total. The molecule has 6 fully saturated rings. The summed E-state index contributed by atoms with van der Waals surface area (Å²) < 4.78 is 81.1. The third-order valence-corrected chi connectivity index (χ3v) is 20.6. The van der Waals surface area contributed by atoms with E-state index < -0.39 is 23.9 Å². The fourth-order valence-electron chi connectivity index (χ4n) is 14.2. The number of esters is 3. The van der Waals surface area contributed by atoms with Crippen LogP contribution in [0.2, 0.25) is 0 Å². The number of phenols is 1. The van der Waals surface area contributed by atoms with E-state index in [-0.39, 0.29) is 70.3 Å². The first-order valence-corrected chi connectivity index (χ1v) is 38.2. The van der Waals surface area contributed by atoms with Crippen molar-refractivity contribution in [1.29, 1.82) is 0 Å². The minimum absolute atomic E-state index is 0.0153. The second-order valence-corrected chi connectivity index (χ2v) is 29.3. The van der Waals surface area contributed by atoms with Crippen LogP contribution in [0.3, 0.4) is 0 Å². The first-order chi connectivity index (χ1) is 54.4. The van der Waals surface area contributed by atoms with Gasteiger partial charge in [0.15, 0.2) is 69.0 Å². The Morgan fingerprint density at radius 2 is 0.673 bits per heavy atom. The Bertz CT molecular complexity index is 4210. The number of amides is 4. The van der Waals surface area contributed by atoms with Crippen molar-refractivity contribution in [2.75, 3.05) is 149 Å². The highest BCUT2D eigenvalue weighted by molar-refractivity contribution is 6.62. The van der Waals surface area contributed by atoms with Gasteiger partial charge in [-0.3, -0.25) is 19.2 Å². The Morgan fingerprint density at radius 3 is 0.991 bits per heavy atom. The van der Waals surface area contributed by atoms with Crippen LogP contribution in [0.1, 0.15) is 73.4 Å². The highest BCUT2D eigenvalue weighted by atomic mass is 35.5. The monoisotopic (exact) mass is 1590 g/mol. The predicted octanol–water partition coefficient (Wildman–Crippen LogP) is 11.9. The van der Waals surface area contributed by atoms with Crippen molar-refractivity contribution in [1.82, 2.24) is 24.9 Å². The number of carbonyl (C=O) groups excluding carboxylic acids is 7. The number of hydrogen-bond acceptors (Lipinski definition) is 24. The fraction of sp³-hybridized carbons (Fsp3) is 0.488. The molecular weight excluding hydrogens is 1480 g/mol. The normalized spacial score (nSPS) is 19.2. The van der Waals surface area contributed by atoms with E-state index in [0.29, 0.717) is 155 Å². The minimum Gasteiger partial charge on any atom is -0.504 e. The largest absolute Gasteiger partial charge is 0.504 e. The summed E-state index contributed by atoms with van der Waals surface area (Å²) >= 11 is 5.24. The fourth-order valence-corrected chi connectivity index (χ4v) is 14.4. The van der Waals surface area contributed by atoms with Gasteiger partial charge < -0.3 is 101 Å². The number of benzene rings is 6. The SMILES string of the molecule is COc1cc(C[C@H]2C(=O)OC[C@@H]2Cc2ccc(OC)c(OC)c2)ccc1O.COc1ccc(C[C@H]2COC(=O)[C@@H]2Cc2ccc(OC(=O)N3CCN(C(=O)OC(C)(C)C)CC3)c(OC)c2)cc1OC.COc1ccc(C[C@H]2COC(=O)[C@@H]2Cc2ccc(OC(=O)N3CCNCC3)c(OC)c2)cc1OC.O=C(Cl)N1CCCCC1. The molecule has 29 heteroatoms. The number of piperazine rings is 2. The van der Waals surface area contributed by atoms with Crippen LogP contribution in [0.25, 0.3) is 0 Å². The van der Waals surface area contributed by atoms with Gasteiger partial charge in [0.1, 0.15) is 5.60 Å². The standard InChI is InChI=1S/C31H40N2O9.C26H32N2O7.C21H24O6.C6H10ClNO/c1-31(2,3)42-30(36)33-13-11-32(12-14-33)29(35)41-25-10-8-21(18-27(25)39-6)16-23-22(19-40-28(23)34)15-20-7-9-24(37-4)26(17-20)38-5;1-31-21-6-4-17(14-23(21)32-2)12-19-16-34-25(29)20(19)13-18-5-7-22(24(15-18)33-3)35-26(30)28-10-8-27-9-11-28;1-24-18-7-5-13(11-20(18)26-3)8-15-12-27-21(23)16(15)9-14-4-6-17(22)19(10-14)25-2;7-6(9)8-4-2-1-3-5-8/h7-10,17-18,22-23H,11-16,19H2,1-6H3;4-7,14-15,19-20,27H,8-13,16H2,1-3H3;4-7,10-11,15-16,22H,8-9,12H2,1-3H3;1-5H2/t22-,23+;19-,20+;15-,16+;/m000./s1. The molecule has 6 aromatic rings. The molecule has 0 unspecified atom stereocenters. The Balaban J connectivity index is 0.000000187. The molecule has 6 saturated heterocycles. The molecule has 6 atom stereocenters. The van der Waals surface area contributed by atoms with Crippen LogP contribution in [0.5, 0.6) is 69.0 Å². The van der Waals surface area contributed by atoms with Crippen molar-refractivity contribution in [2.45, 2.75) is 84.2 Å². The number of aromatic hydroxyl groups is 1. The number of rotatable bonds is 23. The lowest BCUT2D eigenvalue weighted by Crippen LogP contribution is -2.52. The molecule has 0 spiro atoms. The molecule has 0 bridgehead atoms. The Labute approximate surface area is 665 Å². The number of nitrogens with one attached hydrogen (secondary N) is 1. The molecule has 0 radical (unpaired) electrons. The number of nitrogens with zero attached hydrogens (tertiary/aromatic N) is 4. The number of carbonyl (C=O) groups is 7. The Hall–Kier alpha value is -10.7. The zero-order valence-corrected chi connectivity index (χ0v) is 67.3. The van der Waals surface area contributed by atoms with Crippen LogP contribution in [-0.4, -0.2) is 221 Å². The molecule has 0 aliphatic carbocycles. The maximum atomic E-state index is 12.9. The third kappa shape index (κ3) is 24.1. The molecule has 4 amide bonds. The number of piperidine rings is 1. The van der Waals surface area contributed by atoms with Gasteiger partial charge in [0, 0.05) is 83.2 Å². The minimum atomic E-state index is -0.584. The van der Waals surface area contributed by atoms with Crippen molar-refractivity contribution in [2.24, 2.45) is 35.5 Å². The van der Waals surface area contributed by atoms with Crippen LogP contribution < -0.4 is 57.4 Å². The molecule has 6 aliphatic rings. The maximum absolute atomic E-state index is 12.9. The number of halogens is 1. The lowest BCUT2D eigenvalue weighted by Gasteiger charge is -2.35. The van der Waals surface area contributed by atoms with Gasteiger partial charge in [-0.15, -0.1) is 0 Å². The zero-order chi connectivity index (χ0) is 81.3. The highest BCUT2D eigenvalue weighted by Gasteiger charge is 2.40. The molecule has 12 rings (SSSR count). The zero-order valence-electron chi connectivity index (χ0n) is 66.5. The number of phenolic OH excluding ortho intramolecular Hbond substituents is 1. The average molecular weight is 1590 g/mol. The van der Waals surface area contributed by atoms with E-state index in [1.165, 1.54) is 27.8 Å². The maximum Gasteiger partial charge on any atom is 0.415 e. The molecular formula is C84H106ClN5O23. The van der Waals surface area contributed by atoms with E-state index in [0.717, 1.165) is 72.4 Å². The first-order valence-electron chi connectivity index (χ1n) is 37.8. The number of hydrogen-bond donors (Lipinski definition) is 2. The van der Waals surface area contributed by atoms with Gasteiger partial charge in [0.2, 0.25) is 0 Å². The molecule has 6 aromatic carbocycles. The van der Waals surface area contributed by atoms with Crippen LogP contribution in [0.15, 0.2) is 109 Å². The molecule has 6 heterocycles. The van der Waals surface area contributed by atoms with Crippen molar-refractivity contribution in [3.05, 3.63) is 143 Å². The van der Waals surface area contributed by atoms with E-state index in [4.69, 9.17) is 82.7 Å². The van der Waals surface area contributed by atoms with Crippen molar-refractivity contribution >= 4 is 53.2 Å². The summed E-state index contributed by atoms with van der Waals surface area (Å²) in [4.78, 5) is 92.2. The lowest BCUT2D eigenvalue weighted by molar-refractivity contribution is -0.142. The van der Waals surface area contributed by atoms with Gasteiger partial charge in [-0.05, 0) is 196 Å². The summed E-state index contributed by atoms with van der Waals surface area (Å²) in [7, 11) is 14.1. The van der Waals surface area contributed by atoms with Gasteiger partial charge in [0.25, 0.3) is 0 Å². The molecule has 0 aromatic heterocycles. The summed E-state index contributed by atoms with van der Waals surface area (Å²) in [5.41, 5.74) is 5.23. The van der Waals surface area contributed by atoms with Gasteiger partial charge in [-0.1, -0.05) is 36.4 Å². The van der Waals surface area contributed by atoms with E-state index in [2.05, 4.69) is 5.32 Å². The highest BCUT2D eigenvalue weighted by Crippen LogP contribution is 2.40. The van der Waals surface area contributed by atoms with Crippen LogP contribution in [0, 0.1) is 35.5 Å². The molecule has 6 aliphatic heterocycles. The van der Waals surface area contributed by atoms with E-state index >= 15 is 0 Å². The van der Waals surface area contributed by atoms with Crippen molar-refractivity contribution in [3.63, 3.8) is 0 Å². The summed E-state index contributed by atoms with van der Waals surface area (Å²) in [5, 5.41) is 12.7. The number of ether oxygens (including phenoxy) is 15. The first kappa shape index (κ1) is 86.2. The van der Waals surface area contributed by atoms with Gasteiger partial charge in [-0.25, -0.2) is 14.4 Å². The second-order valence-electron chi connectivity index (χ2n) is 29.0. The van der Waals surface area contributed by atoms with Gasteiger partial charge in [-0.2, -0.15) is 0 Å². The lowest BCUT2D eigenvalue weighted by atomic mass is 9.85. The third-order valence-electron chi connectivity index (χ3n) is 20.4. The van der Waals surface area contributed by atoms with E-state index in [9.17, 15) is 38.7 Å². The topological polar surface area (TPSA) is 303 Å². The summed E-state index contributed by atoms with van der Waals surface area (Å²) in [6, 6.07) is 33.1. The molecule has 28 nitrogen and oxygen atoms in total. The number of cyclic esters (lactones) is 3. The average Bonchev–Trinajstić information content (AvgIpc) is 1.63. The Kier molecular flexibility index (Phi) is 31.8. The molecule has 612 valence electrons. The smallest absolute Gasteiger partial charge is 0.415 e. The van der Waals surface area contributed by atoms with Gasteiger partial charge >= 0.3 is 41.6 Å². The van der Waals surface area contributed by atoms with Crippen molar-refractivity contribution < 1.29 is 110 Å². The van der Waals surface area contributed by atoms with Crippen LogP contribution >= 0.6 is 11.6 Å². The quantitative estimate of drug-likeness (QED) is 0.0261. The van der Waals surface area contributed by atoms with Crippen LogP contribution in [-0.2, 0) is 71.9 Å². The summed E-state index contributed by atoms with van der Waals surface area (Å²) in [5.74, 6) is 4.47. The van der Waals surface area contributed by atoms with Crippen LogP contribution in [0.4, 0.5) is 19.2 Å². The number of methoxy groups -OCH3 is 9. The second kappa shape index (κ2) is 41.7. The van der Waals surface area contributed by atoms with Gasteiger partial charge in [0.05, 0.1) is 102 Å². The molecule has 0 saturated carbocycles. The van der Waals surface area contributed by atoms with E-state index in [1.54, 1.807) is 98.7 Å². The molecule has 113 heavy (non-hydrogen) atoms. The predicted molar refractivity (Wildman–Crippen MR) is 418 cm³/mol. The Morgan fingerprint density at radius 1 is 0.381 bits per heavy atom. The summed E-state index contributed by atoms with van der Waals surface area (Å²) in [6.07, 6.45) is 5.64. The summed E-state index contributed by atoms with van der Waals surface area (Å²) in [6.45, 7) is 12.3. The van der Waals surface area contributed by atoms with E-state index in [1.807, 2.05) is 93.6 Å². The number of likely N-dealkylation sites (tertiary alicyclic amines) is 1.